The van der Waals surface area contributed by atoms with Gasteiger partial charge in [-0.3, -0.25) is 0 Å². The molecule has 0 bridgehead atoms. The number of hydrogen-bond donors (Lipinski definition) is 0. The summed E-state index contributed by atoms with van der Waals surface area (Å²) in [6.45, 7) is 4.30. The van der Waals surface area contributed by atoms with Crippen LogP contribution in [-0.4, -0.2) is 6.10 Å². The van der Waals surface area contributed by atoms with E-state index in [1.165, 1.54) is 19.3 Å². The topological polar surface area (TPSA) is 33.0 Å². The molecule has 0 aliphatic heterocycles. The first kappa shape index (κ1) is 13.0. The van der Waals surface area contributed by atoms with Gasteiger partial charge in [-0.1, -0.05) is 25.8 Å². The van der Waals surface area contributed by atoms with Gasteiger partial charge in [-0.05, 0) is 49.8 Å². The normalized spacial score (nSPS) is 23.4. The molecule has 2 rings (SSSR count). The first-order valence-corrected chi connectivity index (χ1v) is 6.90. The van der Waals surface area contributed by atoms with Crippen LogP contribution in [0.4, 0.5) is 0 Å². The fourth-order valence-electron chi connectivity index (χ4n) is 2.70. The second-order valence-corrected chi connectivity index (χ2v) is 5.27. The lowest BCUT2D eigenvalue weighted by molar-refractivity contribution is 0.121. The minimum atomic E-state index is 0.330. The molecular weight excluding hydrogens is 222 g/mol. The smallest absolute Gasteiger partial charge is 0.123 e. The number of nitriles is 1. The van der Waals surface area contributed by atoms with Crippen LogP contribution in [0.5, 0.6) is 5.75 Å². The lowest BCUT2D eigenvalue weighted by atomic mass is 9.85. The zero-order valence-corrected chi connectivity index (χ0v) is 11.3. The van der Waals surface area contributed by atoms with Gasteiger partial charge in [0.05, 0.1) is 17.7 Å². The van der Waals surface area contributed by atoms with Crippen LogP contribution in [0.1, 0.15) is 50.2 Å². The highest BCUT2D eigenvalue weighted by Crippen LogP contribution is 2.31. The Labute approximate surface area is 110 Å². The summed E-state index contributed by atoms with van der Waals surface area (Å²) in [5.41, 5.74) is 1.80. The highest BCUT2D eigenvalue weighted by Gasteiger charge is 2.22. The van der Waals surface area contributed by atoms with Crippen molar-refractivity contribution < 1.29 is 4.74 Å². The molecule has 0 aromatic heterocycles. The van der Waals surface area contributed by atoms with Crippen molar-refractivity contribution >= 4 is 0 Å². The van der Waals surface area contributed by atoms with Gasteiger partial charge in [0.2, 0.25) is 0 Å². The van der Waals surface area contributed by atoms with E-state index in [-0.39, 0.29) is 0 Å². The van der Waals surface area contributed by atoms with Crippen molar-refractivity contribution in [3.05, 3.63) is 29.3 Å². The second kappa shape index (κ2) is 5.91. The molecule has 0 spiro atoms. The zero-order valence-electron chi connectivity index (χ0n) is 11.3. The number of nitrogens with zero attached hydrogens (tertiary/aromatic N) is 1. The first-order chi connectivity index (χ1) is 8.72. The lowest BCUT2D eigenvalue weighted by Crippen LogP contribution is -2.25. The maximum absolute atomic E-state index is 8.93. The van der Waals surface area contributed by atoms with Crippen LogP contribution in [0.2, 0.25) is 0 Å². The van der Waals surface area contributed by atoms with Crippen LogP contribution >= 0.6 is 0 Å². The van der Waals surface area contributed by atoms with E-state index in [0.717, 1.165) is 30.1 Å². The summed E-state index contributed by atoms with van der Waals surface area (Å²) in [6, 6.07) is 7.85. The fourth-order valence-corrected chi connectivity index (χ4v) is 2.70. The van der Waals surface area contributed by atoms with Gasteiger partial charge in [-0.2, -0.15) is 5.26 Å². The number of hydrogen-bond acceptors (Lipinski definition) is 2. The first-order valence-electron chi connectivity index (χ1n) is 6.90. The number of rotatable bonds is 3. The Morgan fingerprint density at radius 1 is 1.39 bits per heavy atom. The van der Waals surface area contributed by atoms with Crippen molar-refractivity contribution in [1.82, 2.24) is 0 Å². The third kappa shape index (κ3) is 3.04. The van der Waals surface area contributed by atoms with Crippen LogP contribution in [0, 0.1) is 24.2 Å². The molecule has 0 saturated heterocycles. The van der Waals surface area contributed by atoms with E-state index >= 15 is 0 Å². The molecule has 0 heterocycles. The molecule has 1 saturated carbocycles. The number of aryl methyl sites for hydroxylation is 1. The van der Waals surface area contributed by atoms with Crippen molar-refractivity contribution in [3.8, 4) is 11.8 Å². The molecule has 0 amide bonds. The summed E-state index contributed by atoms with van der Waals surface area (Å²) in [5.74, 6) is 1.69. The maximum atomic E-state index is 8.93. The Balaban J connectivity index is 2.07. The third-order valence-electron chi connectivity index (χ3n) is 3.92. The standard InChI is InChI=1S/C16H21NO/c1-3-13-5-4-6-15(9-13)18-16-10-14(11-17)8-7-12(16)2/h7-8,10,13,15H,3-6,9H2,1-2H3. The maximum Gasteiger partial charge on any atom is 0.123 e. The second-order valence-electron chi connectivity index (χ2n) is 5.27. The molecule has 1 aliphatic rings. The van der Waals surface area contributed by atoms with Gasteiger partial charge in [0.15, 0.2) is 0 Å². The SMILES string of the molecule is CCC1CCCC(Oc2cc(C#N)ccc2C)C1. The highest BCUT2D eigenvalue weighted by molar-refractivity contribution is 5.41. The summed E-state index contributed by atoms with van der Waals surface area (Å²) < 4.78 is 6.11. The molecule has 2 unspecified atom stereocenters. The molecule has 1 aromatic rings. The van der Waals surface area contributed by atoms with Crippen molar-refractivity contribution in [1.29, 1.82) is 5.26 Å². The van der Waals surface area contributed by atoms with Crippen LogP contribution in [-0.2, 0) is 0 Å². The van der Waals surface area contributed by atoms with Crippen LogP contribution in [0.3, 0.4) is 0 Å². The Morgan fingerprint density at radius 3 is 2.94 bits per heavy atom. The average molecular weight is 243 g/mol. The number of benzene rings is 1. The quantitative estimate of drug-likeness (QED) is 0.796. The van der Waals surface area contributed by atoms with Crippen molar-refractivity contribution in [2.75, 3.05) is 0 Å². The molecule has 1 aromatic carbocycles. The van der Waals surface area contributed by atoms with Gasteiger partial charge in [0.25, 0.3) is 0 Å². The molecule has 2 atom stereocenters. The van der Waals surface area contributed by atoms with Crippen molar-refractivity contribution in [3.63, 3.8) is 0 Å². The number of ether oxygens (including phenoxy) is 1. The van der Waals surface area contributed by atoms with E-state index in [0.29, 0.717) is 11.7 Å². The van der Waals surface area contributed by atoms with E-state index in [4.69, 9.17) is 10.00 Å². The van der Waals surface area contributed by atoms with E-state index in [2.05, 4.69) is 13.0 Å². The van der Waals surface area contributed by atoms with Gasteiger partial charge in [-0.15, -0.1) is 0 Å². The van der Waals surface area contributed by atoms with Crippen LogP contribution in [0.15, 0.2) is 18.2 Å². The molecule has 2 heteroatoms. The molecule has 0 radical (unpaired) electrons. The van der Waals surface area contributed by atoms with E-state index < -0.39 is 0 Å². The monoisotopic (exact) mass is 243 g/mol. The lowest BCUT2D eigenvalue weighted by Gasteiger charge is -2.29. The Morgan fingerprint density at radius 2 is 2.22 bits per heavy atom. The summed E-state index contributed by atoms with van der Waals surface area (Å²) in [6.07, 6.45) is 6.49. The van der Waals surface area contributed by atoms with Crippen molar-refractivity contribution in [2.45, 2.75) is 52.1 Å². The largest absolute Gasteiger partial charge is 0.490 e. The molecule has 2 nitrogen and oxygen atoms in total. The van der Waals surface area contributed by atoms with Crippen LogP contribution < -0.4 is 4.74 Å². The fraction of sp³-hybridized carbons (Fsp3) is 0.562. The van der Waals surface area contributed by atoms with E-state index in [1.807, 2.05) is 25.1 Å². The predicted molar refractivity (Wildman–Crippen MR) is 72.6 cm³/mol. The summed E-state index contributed by atoms with van der Waals surface area (Å²) >= 11 is 0. The van der Waals surface area contributed by atoms with Gasteiger partial charge < -0.3 is 4.74 Å². The minimum Gasteiger partial charge on any atom is -0.490 e. The van der Waals surface area contributed by atoms with Gasteiger partial charge >= 0.3 is 0 Å². The molecule has 0 N–H and O–H groups in total. The summed E-state index contributed by atoms with van der Waals surface area (Å²) in [5, 5.41) is 8.93. The van der Waals surface area contributed by atoms with Gasteiger partial charge in [0, 0.05) is 0 Å². The highest BCUT2D eigenvalue weighted by atomic mass is 16.5. The molecule has 96 valence electrons. The summed E-state index contributed by atoms with van der Waals surface area (Å²) in [4.78, 5) is 0. The Hall–Kier alpha value is -1.49. The third-order valence-corrected chi connectivity index (χ3v) is 3.92. The van der Waals surface area contributed by atoms with Crippen LogP contribution in [0.25, 0.3) is 0 Å². The van der Waals surface area contributed by atoms with Crippen molar-refractivity contribution in [2.24, 2.45) is 5.92 Å². The Bertz CT molecular complexity index is 447. The average Bonchev–Trinajstić information content (AvgIpc) is 2.41. The molecule has 1 fully saturated rings. The van der Waals surface area contributed by atoms with E-state index in [9.17, 15) is 0 Å². The summed E-state index contributed by atoms with van der Waals surface area (Å²) in [7, 11) is 0. The Kier molecular flexibility index (Phi) is 4.25. The van der Waals surface area contributed by atoms with Gasteiger partial charge in [0.1, 0.15) is 5.75 Å². The minimum absolute atomic E-state index is 0.330. The molecule has 1 aliphatic carbocycles. The van der Waals surface area contributed by atoms with E-state index in [1.54, 1.807) is 0 Å². The predicted octanol–water partition coefficient (Wildman–Crippen LogP) is 4.21. The van der Waals surface area contributed by atoms with Gasteiger partial charge in [-0.25, -0.2) is 0 Å². The zero-order chi connectivity index (χ0) is 13.0. The molecular formula is C16H21NO. The molecule has 18 heavy (non-hydrogen) atoms.